The first-order chi connectivity index (χ1) is 11.6. The minimum atomic E-state index is -0.345. The minimum Gasteiger partial charge on any atom is -0.350 e. The smallest absolute Gasteiger partial charge is 0.266 e. The number of carbonyl (C=O) groups excluding carboxylic acids is 1. The zero-order valence-electron chi connectivity index (χ0n) is 12.5. The normalized spacial score (nSPS) is 10.5. The Morgan fingerprint density at radius 1 is 1.21 bits per heavy atom. The lowest BCUT2D eigenvalue weighted by Gasteiger charge is -2.08. The van der Waals surface area contributed by atoms with Gasteiger partial charge in [0.25, 0.3) is 11.5 Å². The van der Waals surface area contributed by atoms with Gasteiger partial charge in [-0.25, -0.2) is 9.36 Å². The number of nitrogens with zero attached hydrogens (tertiary/aromatic N) is 4. The first kappa shape index (κ1) is 15.4. The summed E-state index contributed by atoms with van der Waals surface area (Å²) in [6.07, 6.45) is 4.66. The summed E-state index contributed by atoms with van der Waals surface area (Å²) < 4.78 is 2.79. The van der Waals surface area contributed by atoms with Crippen LogP contribution in [-0.4, -0.2) is 37.0 Å². The SMILES string of the molecule is O=C(NCCn1nc(-n2cccn2)ccc1=O)c1ccc(=O)[nH]c1. The summed E-state index contributed by atoms with van der Waals surface area (Å²) >= 11 is 0. The summed E-state index contributed by atoms with van der Waals surface area (Å²) in [6.45, 7) is 0.427. The van der Waals surface area contributed by atoms with E-state index in [1.54, 1.807) is 24.5 Å². The fraction of sp³-hybridized carbons (Fsp3) is 0.133. The second-order valence-corrected chi connectivity index (χ2v) is 4.90. The van der Waals surface area contributed by atoms with E-state index in [1.165, 1.54) is 33.8 Å². The summed E-state index contributed by atoms with van der Waals surface area (Å²) in [5.74, 6) is 0.161. The zero-order chi connectivity index (χ0) is 16.9. The number of carbonyl (C=O) groups is 1. The minimum absolute atomic E-state index is 0.211. The van der Waals surface area contributed by atoms with Crippen LogP contribution in [0.15, 0.2) is 58.5 Å². The second kappa shape index (κ2) is 6.73. The van der Waals surface area contributed by atoms with Crippen molar-refractivity contribution in [1.82, 2.24) is 29.9 Å². The molecule has 0 aromatic carbocycles. The Bertz CT molecular complexity index is 937. The van der Waals surface area contributed by atoms with Gasteiger partial charge in [-0.05, 0) is 18.2 Å². The molecule has 3 aromatic heterocycles. The van der Waals surface area contributed by atoms with Gasteiger partial charge in [0, 0.05) is 37.3 Å². The highest BCUT2D eigenvalue weighted by Gasteiger charge is 2.06. The fourth-order valence-electron chi connectivity index (χ4n) is 2.05. The summed E-state index contributed by atoms with van der Waals surface area (Å²) in [5.41, 5.74) is -0.220. The molecule has 122 valence electrons. The van der Waals surface area contributed by atoms with E-state index in [0.29, 0.717) is 11.4 Å². The summed E-state index contributed by atoms with van der Waals surface area (Å²) in [5, 5.41) is 10.9. The van der Waals surface area contributed by atoms with Crippen LogP contribution < -0.4 is 16.4 Å². The molecule has 0 radical (unpaired) electrons. The van der Waals surface area contributed by atoms with E-state index in [9.17, 15) is 14.4 Å². The van der Waals surface area contributed by atoms with E-state index in [4.69, 9.17) is 0 Å². The molecule has 3 aromatic rings. The molecule has 0 unspecified atom stereocenters. The van der Waals surface area contributed by atoms with Crippen LogP contribution in [0, 0.1) is 0 Å². The van der Waals surface area contributed by atoms with Crippen LogP contribution in [0.2, 0.25) is 0 Å². The number of H-pyrrole nitrogens is 1. The van der Waals surface area contributed by atoms with Crippen LogP contribution in [0.25, 0.3) is 5.82 Å². The number of hydrogen-bond donors (Lipinski definition) is 2. The maximum Gasteiger partial charge on any atom is 0.266 e. The van der Waals surface area contributed by atoms with E-state index in [1.807, 2.05) is 0 Å². The highest BCUT2D eigenvalue weighted by molar-refractivity contribution is 5.93. The predicted molar refractivity (Wildman–Crippen MR) is 85.0 cm³/mol. The first-order valence-electron chi connectivity index (χ1n) is 7.18. The van der Waals surface area contributed by atoms with Gasteiger partial charge in [-0.3, -0.25) is 14.4 Å². The maximum absolute atomic E-state index is 11.9. The number of aromatic amines is 1. The van der Waals surface area contributed by atoms with Gasteiger partial charge in [-0.2, -0.15) is 5.10 Å². The molecule has 24 heavy (non-hydrogen) atoms. The van der Waals surface area contributed by atoms with Crippen LogP contribution in [0.5, 0.6) is 0 Å². The third-order valence-corrected chi connectivity index (χ3v) is 3.25. The topological polar surface area (TPSA) is 115 Å². The first-order valence-corrected chi connectivity index (χ1v) is 7.18. The van der Waals surface area contributed by atoms with E-state index in [2.05, 4.69) is 20.5 Å². The van der Waals surface area contributed by atoms with Crippen molar-refractivity contribution in [2.24, 2.45) is 0 Å². The molecule has 0 saturated carbocycles. The van der Waals surface area contributed by atoms with Gasteiger partial charge in [0.1, 0.15) is 0 Å². The molecule has 0 aliphatic rings. The van der Waals surface area contributed by atoms with Crippen molar-refractivity contribution >= 4 is 5.91 Å². The van der Waals surface area contributed by atoms with Crippen molar-refractivity contribution in [2.75, 3.05) is 6.54 Å². The van der Waals surface area contributed by atoms with E-state index >= 15 is 0 Å². The lowest BCUT2D eigenvalue weighted by Crippen LogP contribution is -2.32. The van der Waals surface area contributed by atoms with E-state index in [-0.39, 0.29) is 30.1 Å². The molecular formula is C15H14N6O3. The number of hydrogen-bond acceptors (Lipinski definition) is 5. The molecule has 1 amide bonds. The molecule has 0 spiro atoms. The van der Waals surface area contributed by atoms with Crippen LogP contribution >= 0.6 is 0 Å². The Balaban J connectivity index is 1.65. The molecule has 0 atom stereocenters. The molecule has 0 saturated heterocycles. The lowest BCUT2D eigenvalue weighted by molar-refractivity contribution is 0.0951. The largest absolute Gasteiger partial charge is 0.350 e. The van der Waals surface area contributed by atoms with Crippen LogP contribution in [-0.2, 0) is 6.54 Å². The maximum atomic E-state index is 11.9. The second-order valence-electron chi connectivity index (χ2n) is 4.90. The van der Waals surface area contributed by atoms with Gasteiger partial charge in [0.2, 0.25) is 5.56 Å². The third kappa shape index (κ3) is 3.46. The monoisotopic (exact) mass is 326 g/mol. The van der Waals surface area contributed by atoms with Crippen molar-refractivity contribution in [3.8, 4) is 5.82 Å². The quantitative estimate of drug-likeness (QED) is 0.659. The molecule has 0 fully saturated rings. The average molecular weight is 326 g/mol. The van der Waals surface area contributed by atoms with Crippen LogP contribution in [0.3, 0.4) is 0 Å². The van der Waals surface area contributed by atoms with Gasteiger partial charge in [0.15, 0.2) is 5.82 Å². The zero-order valence-corrected chi connectivity index (χ0v) is 12.5. The number of amides is 1. The van der Waals surface area contributed by atoms with Crippen molar-refractivity contribution in [2.45, 2.75) is 6.54 Å². The summed E-state index contributed by atoms with van der Waals surface area (Å²) in [6, 6.07) is 7.42. The van der Waals surface area contributed by atoms with Crippen molar-refractivity contribution in [3.63, 3.8) is 0 Å². The Morgan fingerprint density at radius 3 is 2.79 bits per heavy atom. The molecule has 3 rings (SSSR count). The van der Waals surface area contributed by atoms with Crippen LogP contribution in [0.1, 0.15) is 10.4 Å². The number of aromatic nitrogens is 5. The Kier molecular flexibility index (Phi) is 4.32. The Labute approximate surface area is 135 Å². The molecule has 0 bridgehead atoms. The molecule has 0 aliphatic heterocycles. The molecule has 3 heterocycles. The standard InChI is InChI=1S/C15H14N6O3/c22-13-4-2-11(10-17-13)15(24)16-7-9-21-14(23)5-3-12(19-21)20-8-1-6-18-20/h1-6,8,10H,7,9H2,(H,16,24)(H,17,22). The van der Waals surface area contributed by atoms with Gasteiger partial charge < -0.3 is 10.3 Å². The fourth-order valence-corrected chi connectivity index (χ4v) is 2.05. The predicted octanol–water partition coefficient (Wildman–Crippen LogP) is -0.453. The van der Waals surface area contributed by atoms with Crippen molar-refractivity contribution in [3.05, 3.63) is 75.2 Å². The lowest BCUT2D eigenvalue weighted by atomic mass is 10.3. The van der Waals surface area contributed by atoms with Crippen molar-refractivity contribution < 1.29 is 4.79 Å². The molecule has 9 heteroatoms. The average Bonchev–Trinajstić information content (AvgIpc) is 3.11. The summed E-state index contributed by atoms with van der Waals surface area (Å²) in [4.78, 5) is 37.2. The van der Waals surface area contributed by atoms with Gasteiger partial charge >= 0.3 is 0 Å². The number of rotatable bonds is 5. The van der Waals surface area contributed by atoms with E-state index < -0.39 is 0 Å². The highest BCUT2D eigenvalue weighted by Crippen LogP contribution is 1.98. The Hall–Kier alpha value is -3.49. The Morgan fingerprint density at radius 2 is 2.08 bits per heavy atom. The van der Waals surface area contributed by atoms with E-state index in [0.717, 1.165) is 0 Å². The summed E-state index contributed by atoms with van der Waals surface area (Å²) in [7, 11) is 0. The molecule has 2 N–H and O–H groups in total. The third-order valence-electron chi connectivity index (χ3n) is 3.25. The number of pyridine rings is 1. The van der Waals surface area contributed by atoms with Gasteiger partial charge in [0.05, 0.1) is 12.1 Å². The molecule has 0 aliphatic carbocycles. The van der Waals surface area contributed by atoms with Crippen molar-refractivity contribution in [1.29, 1.82) is 0 Å². The molecular weight excluding hydrogens is 312 g/mol. The van der Waals surface area contributed by atoms with Gasteiger partial charge in [-0.15, -0.1) is 5.10 Å². The highest BCUT2D eigenvalue weighted by atomic mass is 16.2. The number of nitrogens with one attached hydrogen (secondary N) is 2. The van der Waals surface area contributed by atoms with Gasteiger partial charge in [-0.1, -0.05) is 0 Å². The van der Waals surface area contributed by atoms with Crippen LogP contribution in [0.4, 0.5) is 0 Å². The molecule has 9 nitrogen and oxygen atoms in total.